The van der Waals surface area contributed by atoms with Gasteiger partial charge in [-0.2, -0.15) is 13.2 Å². The predicted molar refractivity (Wildman–Crippen MR) is 171 cm³/mol. The van der Waals surface area contributed by atoms with Crippen LogP contribution in [0.4, 0.5) is 13.2 Å². The molecule has 1 heterocycles. The van der Waals surface area contributed by atoms with E-state index in [1.165, 1.54) is 25.7 Å². The number of likely N-dealkylation sites (tertiary alicyclic amines) is 1. The Morgan fingerprint density at radius 1 is 1.00 bits per heavy atom. The summed E-state index contributed by atoms with van der Waals surface area (Å²) in [7, 11) is 4.30. The van der Waals surface area contributed by atoms with E-state index in [1.807, 2.05) is 7.05 Å². The molecule has 246 valence electrons. The maximum absolute atomic E-state index is 14.4. The maximum atomic E-state index is 14.4. The zero-order valence-corrected chi connectivity index (χ0v) is 27.6. The highest BCUT2D eigenvalue weighted by Crippen LogP contribution is 2.51. The largest absolute Gasteiger partial charge is 0.392 e. The van der Waals surface area contributed by atoms with Crippen molar-refractivity contribution < 1.29 is 18.3 Å². The van der Waals surface area contributed by atoms with Gasteiger partial charge in [-0.05, 0) is 151 Å². The minimum atomic E-state index is -4.18. The Bertz CT molecular complexity index is 956. The Morgan fingerprint density at radius 2 is 1.74 bits per heavy atom. The molecule has 6 heteroatoms. The van der Waals surface area contributed by atoms with Crippen LogP contribution in [0.1, 0.15) is 117 Å². The van der Waals surface area contributed by atoms with Gasteiger partial charge in [0.25, 0.3) is 0 Å². The lowest BCUT2D eigenvalue weighted by molar-refractivity contribution is -0.201. The van der Waals surface area contributed by atoms with Crippen molar-refractivity contribution in [2.75, 3.05) is 14.1 Å². The second-order valence-electron chi connectivity index (χ2n) is 15.7. The molecule has 5 aliphatic rings. The molecule has 0 amide bonds. The number of alkyl halides is 3. The Balaban J connectivity index is 1.20. The SMILES string of the molecule is C=C(C1CCC(CCC2CCC(NC)CC2)C(C(F)(F)F)C1)C(O)C1CCC(C)C(C2C3=CCCCCC3C(C)N2C)C1. The van der Waals surface area contributed by atoms with Crippen molar-refractivity contribution in [2.24, 2.45) is 47.3 Å². The van der Waals surface area contributed by atoms with Gasteiger partial charge in [0.1, 0.15) is 0 Å². The summed E-state index contributed by atoms with van der Waals surface area (Å²) in [6.45, 7) is 9.09. The van der Waals surface area contributed by atoms with E-state index in [1.54, 1.807) is 5.57 Å². The first kappa shape index (κ1) is 33.5. The number of hydrogen-bond acceptors (Lipinski definition) is 3. The third-order valence-electron chi connectivity index (χ3n) is 13.5. The number of likely N-dealkylation sites (N-methyl/N-ethyl adjacent to an activating group) is 1. The lowest BCUT2D eigenvalue weighted by Crippen LogP contribution is -2.44. The van der Waals surface area contributed by atoms with Crippen LogP contribution in [-0.4, -0.2) is 54.5 Å². The number of aliphatic hydroxyl groups is 1. The average molecular weight is 607 g/mol. The van der Waals surface area contributed by atoms with Crippen LogP contribution in [0.5, 0.6) is 0 Å². The maximum Gasteiger partial charge on any atom is 0.392 e. The van der Waals surface area contributed by atoms with Crippen LogP contribution in [-0.2, 0) is 0 Å². The summed E-state index contributed by atoms with van der Waals surface area (Å²) in [5.74, 6) is 0.577. The number of nitrogens with zero attached hydrogens (tertiary/aromatic N) is 1. The second kappa shape index (κ2) is 14.3. The molecule has 4 fully saturated rings. The smallest absolute Gasteiger partial charge is 0.388 e. The zero-order valence-electron chi connectivity index (χ0n) is 27.6. The molecule has 5 rings (SSSR count). The Hall–Kier alpha value is -0.850. The Kier molecular flexibility index (Phi) is 11.1. The summed E-state index contributed by atoms with van der Waals surface area (Å²) in [4.78, 5) is 2.61. The minimum absolute atomic E-state index is 0.0950. The summed E-state index contributed by atoms with van der Waals surface area (Å²) in [6.07, 6.45) is 13.3. The van der Waals surface area contributed by atoms with Crippen LogP contribution in [0.25, 0.3) is 0 Å². The van der Waals surface area contributed by atoms with Gasteiger partial charge < -0.3 is 10.4 Å². The van der Waals surface area contributed by atoms with Crippen LogP contribution in [0.15, 0.2) is 23.8 Å². The van der Waals surface area contributed by atoms with Crippen molar-refractivity contribution in [2.45, 2.75) is 147 Å². The van der Waals surface area contributed by atoms with E-state index in [0.717, 1.165) is 57.8 Å². The molecule has 0 aromatic carbocycles. The number of nitrogens with one attached hydrogen (secondary N) is 1. The molecule has 10 unspecified atom stereocenters. The fourth-order valence-corrected chi connectivity index (χ4v) is 10.4. The molecule has 0 aromatic rings. The monoisotopic (exact) mass is 606 g/mol. The van der Waals surface area contributed by atoms with Crippen molar-refractivity contribution >= 4 is 0 Å². The number of aliphatic hydroxyl groups excluding tert-OH is 1. The molecule has 4 aliphatic carbocycles. The van der Waals surface area contributed by atoms with Crippen molar-refractivity contribution in [3.63, 3.8) is 0 Å². The quantitative estimate of drug-likeness (QED) is 0.271. The van der Waals surface area contributed by atoms with Gasteiger partial charge in [0.15, 0.2) is 0 Å². The van der Waals surface area contributed by atoms with Crippen molar-refractivity contribution in [1.82, 2.24) is 10.2 Å². The molecule has 43 heavy (non-hydrogen) atoms. The third-order valence-corrected chi connectivity index (χ3v) is 13.5. The summed E-state index contributed by atoms with van der Waals surface area (Å²) in [5, 5.41) is 15.1. The molecule has 1 aliphatic heterocycles. The van der Waals surface area contributed by atoms with E-state index in [9.17, 15) is 18.3 Å². The molecule has 0 spiro atoms. The first-order valence-corrected chi connectivity index (χ1v) is 18.0. The van der Waals surface area contributed by atoms with Gasteiger partial charge >= 0.3 is 6.18 Å². The van der Waals surface area contributed by atoms with Gasteiger partial charge in [0.05, 0.1) is 12.0 Å². The predicted octanol–water partition coefficient (Wildman–Crippen LogP) is 8.93. The lowest BCUT2D eigenvalue weighted by Gasteiger charge is -2.44. The van der Waals surface area contributed by atoms with Gasteiger partial charge in [-0.1, -0.05) is 44.4 Å². The molecule has 0 aromatic heterocycles. The number of allylic oxidation sites excluding steroid dienone is 1. The summed E-state index contributed by atoms with van der Waals surface area (Å²) < 4.78 is 43.3. The molecule has 3 nitrogen and oxygen atoms in total. The molecular formula is C37H61F3N2O. The van der Waals surface area contributed by atoms with Crippen LogP contribution in [0.3, 0.4) is 0 Å². The summed E-state index contributed by atoms with van der Waals surface area (Å²) in [6, 6.07) is 1.54. The molecule has 10 atom stereocenters. The van der Waals surface area contributed by atoms with Crippen LogP contribution < -0.4 is 5.32 Å². The molecule has 0 radical (unpaired) electrons. The van der Waals surface area contributed by atoms with Gasteiger partial charge in [-0.25, -0.2) is 0 Å². The van der Waals surface area contributed by atoms with E-state index in [0.29, 0.717) is 60.2 Å². The molecule has 1 saturated heterocycles. The summed E-state index contributed by atoms with van der Waals surface area (Å²) >= 11 is 0. The van der Waals surface area contributed by atoms with Gasteiger partial charge in [0.2, 0.25) is 0 Å². The van der Waals surface area contributed by atoms with Crippen LogP contribution in [0.2, 0.25) is 0 Å². The highest BCUT2D eigenvalue weighted by Gasteiger charge is 2.50. The fourth-order valence-electron chi connectivity index (χ4n) is 10.4. The van der Waals surface area contributed by atoms with E-state index < -0.39 is 18.2 Å². The highest BCUT2D eigenvalue weighted by molar-refractivity contribution is 5.26. The Labute approximate surface area is 260 Å². The van der Waals surface area contributed by atoms with E-state index in [4.69, 9.17) is 0 Å². The van der Waals surface area contributed by atoms with Gasteiger partial charge in [-0.3, -0.25) is 4.90 Å². The summed E-state index contributed by atoms with van der Waals surface area (Å²) in [5.41, 5.74) is 2.33. The van der Waals surface area contributed by atoms with E-state index in [-0.39, 0.29) is 24.2 Å². The number of halogens is 3. The number of fused-ring (bicyclic) bond motifs is 1. The number of hydrogen-bond donors (Lipinski definition) is 2. The van der Waals surface area contributed by atoms with Crippen molar-refractivity contribution in [1.29, 1.82) is 0 Å². The first-order chi connectivity index (χ1) is 20.5. The average Bonchev–Trinajstić information content (AvgIpc) is 3.14. The molecular weight excluding hydrogens is 545 g/mol. The highest BCUT2D eigenvalue weighted by atomic mass is 19.4. The van der Waals surface area contributed by atoms with Gasteiger partial charge in [-0.15, -0.1) is 0 Å². The minimum Gasteiger partial charge on any atom is -0.388 e. The third kappa shape index (κ3) is 7.43. The van der Waals surface area contributed by atoms with Crippen LogP contribution in [0, 0.1) is 47.3 Å². The van der Waals surface area contributed by atoms with E-state index in [2.05, 4.69) is 43.8 Å². The molecule has 0 bridgehead atoms. The Morgan fingerprint density at radius 3 is 2.44 bits per heavy atom. The zero-order chi connectivity index (χ0) is 30.9. The lowest BCUT2D eigenvalue weighted by atomic mass is 9.64. The standard InChI is InChI=1S/C37H61F3N2O/c1-23-11-15-29(21-33(23)35-32-10-8-6-7-9-31(32)25(3)42(35)5)36(43)24(2)28-18-17-27(34(22-28)37(38,39)40)16-12-26-13-19-30(41-4)20-14-26/h10,23,25-31,33-36,41,43H,2,6-9,11-22H2,1,3-5H3. The van der Waals surface area contributed by atoms with Crippen LogP contribution >= 0.6 is 0 Å². The van der Waals surface area contributed by atoms with Crippen molar-refractivity contribution in [3.8, 4) is 0 Å². The van der Waals surface area contributed by atoms with E-state index >= 15 is 0 Å². The normalized spacial score (nSPS) is 42.1. The first-order valence-electron chi connectivity index (χ1n) is 18.0. The molecule has 3 saturated carbocycles. The molecule has 2 N–H and O–H groups in total. The fraction of sp³-hybridized carbons (Fsp3) is 0.892. The number of rotatable bonds is 8. The van der Waals surface area contributed by atoms with Crippen molar-refractivity contribution in [3.05, 3.63) is 23.8 Å². The second-order valence-corrected chi connectivity index (χ2v) is 15.7. The van der Waals surface area contributed by atoms with Gasteiger partial charge in [0, 0.05) is 18.1 Å². The topological polar surface area (TPSA) is 35.5 Å².